The summed E-state index contributed by atoms with van der Waals surface area (Å²) in [6, 6.07) is 6.57. The molecule has 0 unspecified atom stereocenters. The van der Waals surface area contributed by atoms with E-state index in [1.165, 1.54) is 23.4 Å². The van der Waals surface area contributed by atoms with Gasteiger partial charge in [-0.3, -0.25) is 4.98 Å². The lowest BCUT2D eigenvalue weighted by Crippen LogP contribution is -2.44. The molecule has 8 heteroatoms. The Kier molecular flexibility index (Phi) is 6.09. The van der Waals surface area contributed by atoms with Gasteiger partial charge in [-0.15, -0.1) is 0 Å². The Balaban J connectivity index is 1.80. The lowest BCUT2D eigenvalue weighted by molar-refractivity contribution is -0.111. The summed E-state index contributed by atoms with van der Waals surface area (Å²) in [5.41, 5.74) is -1.19. The fourth-order valence-electron chi connectivity index (χ4n) is 2.71. The van der Waals surface area contributed by atoms with Gasteiger partial charge in [0.1, 0.15) is 36.5 Å². The molecule has 6 nitrogen and oxygen atoms in total. The van der Waals surface area contributed by atoms with Crippen LogP contribution in [0.25, 0.3) is 0 Å². The van der Waals surface area contributed by atoms with E-state index in [-0.39, 0.29) is 18.7 Å². The summed E-state index contributed by atoms with van der Waals surface area (Å²) in [7, 11) is 0. The molecule has 0 fully saturated rings. The van der Waals surface area contributed by atoms with Gasteiger partial charge in [-0.1, -0.05) is 17.9 Å². The van der Waals surface area contributed by atoms with Crippen molar-refractivity contribution in [3.63, 3.8) is 0 Å². The Morgan fingerprint density at radius 2 is 2.14 bits per heavy atom. The van der Waals surface area contributed by atoms with Crippen LogP contribution in [0, 0.1) is 23.5 Å². The Morgan fingerprint density at radius 1 is 1.29 bits per heavy atom. The Labute approximate surface area is 160 Å². The number of hydrogen-bond donors (Lipinski definition) is 1. The zero-order chi connectivity index (χ0) is 20.0. The minimum Gasteiger partial charge on any atom is -0.380 e. The molecule has 0 aliphatic carbocycles. The lowest BCUT2D eigenvalue weighted by atomic mass is 9.88. The van der Waals surface area contributed by atoms with Gasteiger partial charge in [-0.2, -0.15) is 5.10 Å². The molecular formula is C20H18F2N4O2. The fourth-order valence-corrected chi connectivity index (χ4v) is 2.71. The SMILES string of the molecule is C[C@@H](OCC#Cc1cccnc1)[C@](O)(Cn1cncn1)c1ccc(F)cc1F. The van der Waals surface area contributed by atoms with Gasteiger partial charge in [0.25, 0.3) is 0 Å². The molecule has 28 heavy (non-hydrogen) atoms. The predicted octanol–water partition coefficient (Wildman–Crippen LogP) is 2.30. The molecule has 2 heterocycles. The number of hydrogen-bond acceptors (Lipinski definition) is 5. The van der Waals surface area contributed by atoms with Gasteiger partial charge < -0.3 is 9.84 Å². The van der Waals surface area contributed by atoms with Crippen LogP contribution in [0.5, 0.6) is 0 Å². The molecule has 2 atom stereocenters. The van der Waals surface area contributed by atoms with Gasteiger partial charge >= 0.3 is 0 Å². The summed E-state index contributed by atoms with van der Waals surface area (Å²) in [6.45, 7) is 1.46. The highest BCUT2D eigenvalue weighted by molar-refractivity contribution is 5.31. The highest BCUT2D eigenvalue weighted by atomic mass is 19.1. The molecule has 2 aromatic heterocycles. The van der Waals surface area contributed by atoms with E-state index in [4.69, 9.17) is 4.74 Å². The van der Waals surface area contributed by atoms with Crippen molar-refractivity contribution < 1.29 is 18.6 Å². The second-order valence-corrected chi connectivity index (χ2v) is 6.14. The largest absolute Gasteiger partial charge is 0.380 e. The van der Waals surface area contributed by atoms with E-state index in [1.807, 2.05) is 0 Å². The summed E-state index contributed by atoms with van der Waals surface area (Å²) in [5, 5.41) is 15.2. The smallest absolute Gasteiger partial charge is 0.138 e. The van der Waals surface area contributed by atoms with Crippen LogP contribution in [0.3, 0.4) is 0 Å². The normalized spacial score (nSPS) is 14.0. The average molecular weight is 384 g/mol. The van der Waals surface area contributed by atoms with E-state index >= 15 is 0 Å². The molecule has 0 aliphatic rings. The third-order valence-electron chi connectivity index (χ3n) is 4.24. The Bertz CT molecular complexity index is 971. The van der Waals surface area contributed by atoms with Crippen molar-refractivity contribution in [3.05, 3.63) is 78.1 Å². The number of nitrogens with zero attached hydrogens (tertiary/aromatic N) is 4. The van der Waals surface area contributed by atoms with Crippen LogP contribution in [0.2, 0.25) is 0 Å². The van der Waals surface area contributed by atoms with Crippen molar-refractivity contribution in [1.82, 2.24) is 19.7 Å². The molecule has 0 saturated carbocycles. The molecule has 0 aliphatic heterocycles. The molecule has 0 saturated heterocycles. The Morgan fingerprint density at radius 3 is 2.82 bits per heavy atom. The van der Waals surface area contributed by atoms with Crippen LogP contribution in [-0.2, 0) is 16.9 Å². The van der Waals surface area contributed by atoms with Gasteiger partial charge in [0.05, 0.1) is 12.6 Å². The lowest BCUT2D eigenvalue weighted by Gasteiger charge is -2.34. The Hall–Kier alpha value is -3.15. The number of pyridine rings is 1. The van der Waals surface area contributed by atoms with Crippen molar-refractivity contribution in [2.75, 3.05) is 6.61 Å². The van der Waals surface area contributed by atoms with E-state index in [9.17, 15) is 13.9 Å². The average Bonchev–Trinajstić information content (AvgIpc) is 3.18. The maximum Gasteiger partial charge on any atom is 0.138 e. The minimum atomic E-state index is -1.82. The zero-order valence-electron chi connectivity index (χ0n) is 15.1. The number of rotatable bonds is 6. The van der Waals surface area contributed by atoms with Gasteiger partial charge in [0.15, 0.2) is 0 Å². The standard InChI is InChI=1S/C20H18F2N4O2/c1-15(28-9-3-5-16-4-2-8-23-11-16)20(27,12-26-14-24-13-25-26)18-7-6-17(21)10-19(18)22/h2,4,6-8,10-11,13-15,27H,9,12H2,1H3/t15-,20-/m1/s1. The van der Waals surface area contributed by atoms with E-state index in [0.29, 0.717) is 0 Å². The molecule has 1 aromatic carbocycles. The van der Waals surface area contributed by atoms with E-state index < -0.39 is 23.3 Å². The molecule has 3 rings (SSSR count). The molecule has 0 radical (unpaired) electrons. The maximum absolute atomic E-state index is 14.4. The van der Waals surface area contributed by atoms with Crippen molar-refractivity contribution in [1.29, 1.82) is 0 Å². The number of benzene rings is 1. The highest BCUT2D eigenvalue weighted by Gasteiger charge is 2.40. The molecule has 1 N–H and O–H groups in total. The number of aromatic nitrogens is 4. The number of halogens is 2. The van der Waals surface area contributed by atoms with Crippen molar-refractivity contribution in [3.8, 4) is 11.8 Å². The number of aliphatic hydroxyl groups is 1. The van der Waals surface area contributed by atoms with Gasteiger partial charge in [0.2, 0.25) is 0 Å². The fraction of sp³-hybridized carbons (Fsp3) is 0.250. The predicted molar refractivity (Wildman–Crippen MR) is 96.8 cm³/mol. The van der Waals surface area contributed by atoms with Gasteiger partial charge in [0, 0.05) is 29.6 Å². The molecule has 144 valence electrons. The summed E-state index contributed by atoms with van der Waals surface area (Å²) in [6.07, 6.45) is 5.07. The first-order valence-electron chi connectivity index (χ1n) is 8.50. The first kappa shape index (κ1) is 19.6. The van der Waals surface area contributed by atoms with Gasteiger partial charge in [-0.25, -0.2) is 18.4 Å². The first-order chi connectivity index (χ1) is 13.5. The molecule has 0 spiro atoms. The summed E-state index contributed by atoms with van der Waals surface area (Å²) < 4.78 is 34.7. The third-order valence-corrected chi connectivity index (χ3v) is 4.24. The maximum atomic E-state index is 14.4. The van der Waals surface area contributed by atoms with E-state index in [0.717, 1.165) is 17.7 Å². The van der Waals surface area contributed by atoms with E-state index in [1.54, 1.807) is 31.5 Å². The minimum absolute atomic E-state index is 0.00145. The summed E-state index contributed by atoms with van der Waals surface area (Å²) in [4.78, 5) is 7.79. The molecule has 0 amide bonds. The van der Waals surface area contributed by atoms with Crippen LogP contribution in [0.1, 0.15) is 18.1 Å². The first-order valence-corrected chi connectivity index (χ1v) is 8.50. The van der Waals surface area contributed by atoms with E-state index in [2.05, 4.69) is 26.9 Å². The van der Waals surface area contributed by atoms with Crippen LogP contribution < -0.4 is 0 Å². The topological polar surface area (TPSA) is 73.1 Å². The third kappa shape index (κ3) is 4.57. The van der Waals surface area contributed by atoms with Crippen LogP contribution in [-0.4, -0.2) is 37.6 Å². The van der Waals surface area contributed by atoms with Crippen LogP contribution in [0.15, 0.2) is 55.4 Å². The molecular weight excluding hydrogens is 366 g/mol. The van der Waals surface area contributed by atoms with Crippen molar-refractivity contribution >= 4 is 0 Å². The van der Waals surface area contributed by atoms with Crippen LogP contribution >= 0.6 is 0 Å². The summed E-state index contributed by atoms with van der Waals surface area (Å²) >= 11 is 0. The second-order valence-electron chi connectivity index (χ2n) is 6.14. The zero-order valence-corrected chi connectivity index (χ0v) is 15.1. The molecule has 3 aromatic rings. The van der Waals surface area contributed by atoms with Crippen molar-refractivity contribution in [2.45, 2.75) is 25.2 Å². The van der Waals surface area contributed by atoms with Gasteiger partial charge in [-0.05, 0) is 25.1 Å². The second kappa shape index (κ2) is 8.69. The highest BCUT2D eigenvalue weighted by Crippen LogP contribution is 2.31. The molecule has 0 bridgehead atoms. The van der Waals surface area contributed by atoms with Crippen molar-refractivity contribution in [2.24, 2.45) is 0 Å². The number of ether oxygens (including phenoxy) is 1. The van der Waals surface area contributed by atoms with Crippen LogP contribution in [0.4, 0.5) is 8.78 Å². The summed E-state index contributed by atoms with van der Waals surface area (Å²) in [5.74, 6) is 4.10. The quantitative estimate of drug-likeness (QED) is 0.661. The monoisotopic (exact) mass is 384 g/mol.